The summed E-state index contributed by atoms with van der Waals surface area (Å²) in [6.07, 6.45) is 6.07. The first kappa shape index (κ1) is 15.5. The smallest absolute Gasteiger partial charge is 0.223 e. The van der Waals surface area contributed by atoms with Crippen molar-refractivity contribution in [2.75, 3.05) is 19.6 Å². The summed E-state index contributed by atoms with van der Waals surface area (Å²) in [6.45, 7) is 5.21. The van der Waals surface area contributed by atoms with Gasteiger partial charge in [-0.15, -0.1) is 0 Å². The maximum atomic E-state index is 12.3. The second-order valence-electron chi connectivity index (χ2n) is 6.96. The van der Waals surface area contributed by atoms with Crippen molar-refractivity contribution in [1.29, 1.82) is 0 Å². The molecule has 1 aliphatic carbocycles. The van der Waals surface area contributed by atoms with Crippen LogP contribution >= 0.6 is 0 Å². The topological polar surface area (TPSA) is 32.3 Å². The van der Waals surface area contributed by atoms with Crippen molar-refractivity contribution in [1.82, 2.24) is 10.2 Å². The number of rotatable bonds is 7. The molecule has 120 valence electrons. The van der Waals surface area contributed by atoms with E-state index in [-0.39, 0.29) is 11.8 Å². The molecule has 0 aromatic heterocycles. The van der Waals surface area contributed by atoms with E-state index in [1.54, 1.807) is 0 Å². The van der Waals surface area contributed by atoms with Crippen molar-refractivity contribution in [3.63, 3.8) is 0 Å². The average molecular weight is 300 g/mol. The van der Waals surface area contributed by atoms with Gasteiger partial charge in [0.05, 0.1) is 0 Å². The van der Waals surface area contributed by atoms with Crippen LogP contribution in [0.3, 0.4) is 0 Å². The van der Waals surface area contributed by atoms with E-state index in [1.165, 1.54) is 44.3 Å². The molecule has 3 rings (SSSR count). The van der Waals surface area contributed by atoms with Crippen LogP contribution in [0.15, 0.2) is 30.3 Å². The molecule has 1 N–H and O–H groups in total. The second-order valence-corrected chi connectivity index (χ2v) is 6.96. The van der Waals surface area contributed by atoms with Gasteiger partial charge in [-0.25, -0.2) is 0 Å². The van der Waals surface area contributed by atoms with Gasteiger partial charge in [0.15, 0.2) is 0 Å². The van der Waals surface area contributed by atoms with Crippen molar-refractivity contribution < 1.29 is 4.79 Å². The van der Waals surface area contributed by atoms with E-state index in [4.69, 9.17) is 0 Å². The Labute approximate surface area is 134 Å². The first-order valence-electron chi connectivity index (χ1n) is 8.79. The number of carbonyl (C=O) groups excluding carboxylic acids is 1. The SMILES string of the molecule is CC(C(=O)NCC(Cc1ccccc1)N1CCCC1)C1CC1. The largest absolute Gasteiger partial charge is 0.354 e. The number of likely N-dealkylation sites (tertiary alicyclic amines) is 1. The Hall–Kier alpha value is -1.35. The molecule has 1 heterocycles. The molecule has 0 spiro atoms. The highest BCUT2D eigenvalue weighted by molar-refractivity contribution is 5.78. The Bertz CT molecular complexity index is 477. The van der Waals surface area contributed by atoms with Crippen LogP contribution in [-0.2, 0) is 11.2 Å². The monoisotopic (exact) mass is 300 g/mol. The zero-order valence-corrected chi connectivity index (χ0v) is 13.6. The van der Waals surface area contributed by atoms with Gasteiger partial charge in [-0.3, -0.25) is 9.69 Å². The number of carbonyl (C=O) groups is 1. The average Bonchev–Trinajstić information content (AvgIpc) is 3.26. The minimum absolute atomic E-state index is 0.191. The number of amides is 1. The lowest BCUT2D eigenvalue weighted by molar-refractivity contribution is -0.125. The zero-order chi connectivity index (χ0) is 15.4. The molecule has 0 radical (unpaired) electrons. The molecule has 1 amide bonds. The van der Waals surface area contributed by atoms with Crippen LogP contribution in [0.1, 0.15) is 38.2 Å². The second kappa shape index (κ2) is 7.28. The van der Waals surface area contributed by atoms with Crippen molar-refractivity contribution in [3.8, 4) is 0 Å². The van der Waals surface area contributed by atoms with E-state index in [2.05, 4.69) is 47.5 Å². The molecule has 2 unspecified atom stereocenters. The summed E-state index contributed by atoms with van der Waals surface area (Å²) in [5.41, 5.74) is 1.36. The van der Waals surface area contributed by atoms with Crippen molar-refractivity contribution in [2.24, 2.45) is 11.8 Å². The molecule has 1 saturated heterocycles. The van der Waals surface area contributed by atoms with E-state index >= 15 is 0 Å². The van der Waals surface area contributed by atoms with Crippen LogP contribution < -0.4 is 5.32 Å². The molecule has 1 aliphatic heterocycles. The Morgan fingerprint density at radius 1 is 1.23 bits per heavy atom. The van der Waals surface area contributed by atoms with Gasteiger partial charge < -0.3 is 5.32 Å². The minimum atomic E-state index is 0.191. The van der Waals surface area contributed by atoms with Crippen LogP contribution in [0.4, 0.5) is 0 Å². The number of nitrogens with zero attached hydrogens (tertiary/aromatic N) is 1. The van der Waals surface area contributed by atoms with E-state index < -0.39 is 0 Å². The number of nitrogens with one attached hydrogen (secondary N) is 1. The molecular weight excluding hydrogens is 272 g/mol. The fourth-order valence-corrected chi connectivity index (χ4v) is 3.51. The van der Waals surface area contributed by atoms with Gasteiger partial charge in [0.2, 0.25) is 5.91 Å². The number of hydrogen-bond donors (Lipinski definition) is 1. The van der Waals surface area contributed by atoms with Gasteiger partial charge in [-0.2, -0.15) is 0 Å². The van der Waals surface area contributed by atoms with E-state index in [0.717, 1.165) is 13.0 Å². The summed E-state index contributed by atoms with van der Waals surface area (Å²) < 4.78 is 0. The van der Waals surface area contributed by atoms with E-state index in [0.29, 0.717) is 12.0 Å². The molecular formula is C19H28N2O. The number of hydrogen-bond acceptors (Lipinski definition) is 2. The van der Waals surface area contributed by atoms with Crippen LogP contribution in [0, 0.1) is 11.8 Å². The molecule has 3 nitrogen and oxygen atoms in total. The Morgan fingerprint density at radius 3 is 2.55 bits per heavy atom. The van der Waals surface area contributed by atoms with Gasteiger partial charge in [0.25, 0.3) is 0 Å². The Balaban J connectivity index is 1.57. The summed E-state index contributed by atoms with van der Waals surface area (Å²) >= 11 is 0. The molecule has 1 aromatic carbocycles. The summed E-state index contributed by atoms with van der Waals surface area (Å²) in [4.78, 5) is 14.8. The molecule has 1 saturated carbocycles. The van der Waals surface area contributed by atoms with E-state index in [1.807, 2.05) is 0 Å². The fraction of sp³-hybridized carbons (Fsp3) is 0.632. The first-order valence-corrected chi connectivity index (χ1v) is 8.79. The zero-order valence-electron chi connectivity index (χ0n) is 13.6. The predicted octanol–water partition coefficient (Wildman–Crippen LogP) is 2.86. The molecule has 2 fully saturated rings. The van der Waals surface area contributed by atoms with Crippen LogP contribution in [0.25, 0.3) is 0 Å². The molecule has 1 aromatic rings. The van der Waals surface area contributed by atoms with Gasteiger partial charge in [-0.05, 0) is 56.7 Å². The lowest BCUT2D eigenvalue weighted by Crippen LogP contribution is -2.45. The minimum Gasteiger partial charge on any atom is -0.354 e. The molecule has 3 heteroatoms. The van der Waals surface area contributed by atoms with Crippen LogP contribution in [0.5, 0.6) is 0 Å². The van der Waals surface area contributed by atoms with Crippen molar-refractivity contribution in [2.45, 2.75) is 45.1 Å². The Kier molecular flexibility index (Phi) is 5.14. The van der Waals surface area contributed by atoms with Crippen LogP contribution in [0.2, 0.25) is 0 Å². The highest BCUT2D eigenvalue weighted by Crippen LogP contribution is 2.36. The van der Waals surface area contributed by atoms with Crippen molar-refractivity contribution >= 4 is 5.91 Å². The fourth-order valence-electron chi connectivity index (χ4n) is 3.51. The lowest BCUT2D eigenvalue weighted by Gasteiger charge is -2.28. The molecule has 2 atom stereocenters. The maximum absolute atomic E-state index is 12.3. The number of benzene rings is 1. The third-order valence-corrected chi connectivity index (χ3v) is 5.23. The standard InChI is InChI=1S/C19H28N2O/c1-15(17-9-10-17)19(22)20-14-18(21-11-5-6-12-21)13-16-7-3-2-4-8-16/h2-4,7-8,15,17-18H,5-6,9-14H2,1H3,(H,20,22). The molecule has 2 aliphatic rings. The molecule has 0 bridgehead atoms. The predicted molar refractivity (Wildman–Crippen MR) is 89.6 cm³/mol. The van der Waals surface area contributed by atoms with Gasteiger partial charge in [-0.1, -0.05) is 37.3 Å². The van der Waals surface area contributed by atoms with Crippen molar-refractivity contribution in [3.05, 3.63) is 35.9 Å². The quantitative estimate of drug-likeness (QED) is 0.840. The van der Waals surface area contributed by atoms with Gasteiger partial charge >= 0.3 is 0 Å². The maximum Gasteiger partial charge on any atom is 0.223 e. The summed E-state index contributed by atoms with van der Waals surface area (Å²) in [5, 5.41) is 3.22. The van der Waals surface area contributed by atoms with Gasteiger partial charge in [0, 0.05) is 18.5 Å². The highest BCUT2D eigenvalue weighted by atomic mass is 16.1. The first-order chi connectivity index (χ1) is 10.7. The summed E-state index contributed by atoms with van der Waals surface area (Å²) in [7, 11) is 0. The summed E-state index contributed by atoms with van der Waals surface area (Å²) in [5.74, 6) is 1.08. The van der Waals surface area contributed by atoms with Crippen LogP contribution in [-0.4, -0.2) is 36.5 Å². The third-order valence-electron chi connectivity index (χ3n) is 5.23. The van der Waals surface area contributed by atoms with E-state index in [9.17, 15) is 4.79 Å². The molecule has 22 heavy (non-hydrogen) atoms. The summed E-state index contributed by atoms with van der Waals surface area (Å²) in [6, 6.07) is 11.1. The third kappa shape index (κ3) is 4.10. The van der Waals surface area contributed by atoms with Gasteiger partial charge in [0.1, 0.15) is 0 Å². The normalized spacial score (nSPS) is 21.5. The Morgan fingerprint density at radius 2 is 1.91 bits per heavy atom. The lowest BCUT2D eigenvalue weighted by atomic mass is 10.0. The highest BCUT2D eigenvalue weighted by Gasteiger charge is 2.33.